The molecule has 0 saturated carbocycles. The molecule has 3 N–H and O–H groups in total. The van der Waals surface area contributed by atoms with Crippen LogP contribution in [0.25, 0.3) is 0 Å². The van der Waals surface area contributed by atoms with Gasteiger partial charge in [0, 0.05) is 10.0 Å². The highest BCUT2D eigenvalue weighted by molar-refractivity contribution is 9.10. The predicted molar refractivity (Wildman–Crippen MR) is 126 cm³/mol. The lowest BCUT2D eigenvalue weighted by Crippen LogP contribution is -2.27. The van der Waals surface area contributed by atoms with Crippen LogP contribution in [0.1, 0.15) is 37.6 Å². The van der Waals surface area contributed by atoms with E-state index in [1.54, 1.807) is 31.2 Å². The Morgan fingerprint density at radius 2 is 1.74 bits per heavy atom. The van der Waals surface area contributed by atoms with Crippen molar-refractivity contribution >= 4 is 55.4 Å². The van der Waals surface area contributed by atoms with Crippen LogP contribution in [0.15, 0.2) is 33.9 Å². The predicted octanol–water partition coefficient (Wildman–Crippen LogP) is 3.19. The SMILES string of the molecule is CC(C)C[C@H](CO)Nc1nc(NS(C)(=O)=O)nc(SC(C)C(=O)c2ccc(Br)cc2)n1. The zero-order valence-electron chi connectivity index (χ0n) is 17.7. The molecule has 2 aromatic rings. The highest BCUT2D eigenvalue weighted by Gasteiger charge is 2.21. The number of carbonyl (C=O) groups is 1. The minimum Gasteiger partial charge on any atom is -0.394 e. The van der Waals surface area contributed by atoms with E-state index in [4.69, 9.17) is 0 Å². The van der Waals surface area contributed by atoms with E-state index in [0.717, 1.165) is 22.5 Å². The third-order valence-corrected chi connectivity index (χ3v) is 6.02. The average Bonchev–Trinajstić information content (AvgIpc) is 2.65. The summed E-state index contributed by atoms with van der Waals surface area (Å²) in [5.41, 5.74) is 0.544. The summed E-state index contributed by atoms with van der Waals surface area (Å²) in [4.78, 5) is 25.3. The molecule has 0 aliphatic rings. The van der Waals surface area contributed by atoms with Gasteiger partial charge in [0.1, 0.15) is 0 Å². The molecule has 0 spiro atoms. The number of hydrogen-bond acceptors (Lipinski definition) is 9. The van der Waals surface area contributed by atoms with Gasteiger partial charge in [0.25, 0.3) is 0 Å². The molecular formula is C19H26BrN5O4S2. The summed E-state index contributed by atoms with van der Waals surface area (Å²) in [6.45, 7) is 5.63. The molecule has 1 unspecified atom stereocenters. The van der Waals surface area contributed by atoms with Crippen molar-refractivity contribution in [2.45, 2.75) is 43.6 Å². The summed E-state index contributed by atoms with van der Waals surface area (Å²) in [5.74, 6) is 0.161. The molecule has 0 bridgehead atoms. The molecular weight excluding hydrogens is 506 g/mol. The lowest BCUT2D eigenvalue weighted by Gasteiger charge is -2.19. The van der Waals surface area contributed by atoms with Gasteiger partial charge in [0.15, 0.2) is 10.9 Å². The van der Waals surface area contributed by atoms with E-state index in [2.05, 4.69) is 40.9 Å². The lowest BCUT2D eigenvalue weighted by molar-refractivity contribution is 0.0994. The van der Waals surface area contributed by atoms with E-state index in [9.17, 15) is 18.3 Å². The van der Waals surface area contributed by atoms with Crippen LogP contribution >= 0.6 is 27.7 Å². The number of hydrogen-bond donors (Lipinski definition) is 3. The third kappa shape index (κ3) is 8.71. The minimum atomic E-state index is -3.62. The van der Waals surface area contributed by atoms with Crippen molar-refractivity contribution in [2.75, 3.05) is 22.9 Å². The quantitative estimate of drug-likeness (QED) is 0.295. The molecule has 0 saturated heterocycles. The highest BCUT2D eigenvalue weighted by Crippen LogP contribution is 2.25. The Balaban J connectivity index is 2.28. The molecule has 0 amide bonds. The molecule has 0 aliphatic heterocycles. The Hall–Kier alpha value is -1.76. The van der Waals surface area contributed by atoms with Gasteiger partial charge in [-0.3, -0.25) is 9.52 Å². The second-order valence-electron chi connectivity index (χ2n) is 7.42. The van der Waals surface area contributed by atoms with Gasteiger partial charge in [0.2, 0.25) is 21.9 Å². The minimum absolute atomic E-state index is 0.113. The molecule has 2 atom stereocenters. The normalized spacial score (nSPS) is 13.6. The van der Waals surface area contributed by atoms with Gasteiger partial charge in [-0.05, 0) is 31.4 Å². The van der Waals surface area contributed by atoms with Crippen LogP contribution < -0.4 is 10.0 Å². The number of nitrogens with zero attached hydrogens (tertiary/aromatic N) is 3. The fourth-order valence-electron chi connectivity index (χ4n) is 2.68. The zero-order valence-corrected chi connectivity index (χ0v) is 20.9. The number of Topliss-reactive ketones (excluding diaryl/α,β-unsaturated/α-hetero) is 1. The first-order valence-electron chi connectivity index (χ1n) is 9.54. The van der Waals surface area contributed by atoms with E-state index in [0.29, 0.717) is 17.9 Å². The summed E-state index contributed by atoms with van der Waals surface area (Å²) in [6, 6.07) is 6.70. The number of aliphatic hydroxyl groups is 1. The monoisotopic (exact) mass is 531 g/mol. The molecule has 1 aromatic carbocycles. The smallest absolute Gasteiger partial charge is 0.242 e. The fourth-order valence-corrected chi connectivity index (χ4v) is 4.20. The van der Waals surface area contributed by atoms with Gasteiger partial charge in [-0.2, -0.15) is 15.0 Å². The fraction of sp³-hybridized carbons (Fsp3) is 0.474. The van der Waals surface area contributed by atoms with Crippen molar-refractivity contribution < 1.29 is 18.3 Å². The van der Waals surface area contributed by atoms with Gasteiger partial charge >= 0.3 is 0 Å². The maximum Gasteiger partial charge on any atom is 0.242 e. The molecule has 170 valence electrons. The average molecular weight is 532 g/mol. The summed E-state index contributed by atoms with van der Waals surface area (Å²) in [6.07, 6.45) is 1.66. The molecule has 1 aromatic heterocycles. The van der Waals surface area contributed by atoms with Crippen molar-refractivity contribution in [3.05, 3.63) is 34.3 Å². The second kappa shape index (κ2) is 11.2. The van der Waals surface area contributed by atoms with Crippen molar-refractivity contribution in [1.82, 2.24) is 15.0 Å². The molecule has 12 heteroatoms. The van der Waals surface area contributed by atoms with Crippen LogP contribution in [0, 0.1) is 5.92 Å². The molecule has 0 aliphatic carbocycles. The lowest BCUT2D eigenvalue weighted by atomic mass is 10.0. The van der Waals surface area contributed by atoms with Crippen molar-refractivity contribution in [1.29, 1.82) is 0 Å². The Bertz CT molecular complexity index is 1000. The number of aliphatic hydroxyl groups excluding tert-OH is 1. The Labute approximate surface area is 195 Å². The van der Waals surface area contributed by atoms with Crippen molar-refractivity contribution in [3.8, 4) is 0 Å². The number of benzene rings is 1. The number of halogens is 1. The second-order valence-corrected chi connectivity index (χ2v) is 11.4. The molecule has 2 rings (SSSR count). The summed E-state index contributed by atoms with van der Waals surface area (Å²) < 4.78 is 26.4. The topological polar surface area (TPSA) is 134 Å². The molecule has 0 fully saturated rings. The Morgan fingerprint density at radius 3 is 2.29 bits per heavy atom. The first-order valence-corrected chi connectivity index (χ1v) is 13.1. The van der Waals surface area contributed by atoms with Crippen molar-refractivity contribution in [3.63, 3.8) is 0 Å². The van der Waals surface area contributed by atoms with Crippen LogP contribution in [-0.2, 0) is 10.0 Å². The van der Waals surface area contributed by atoms with E-state index in [1.807, 2.05) is 13.8 Å². The van der Waals surface area contributed by atoms with Crippen LogP contribution in [0.5, 0.6) is 0 Å². The van der Waals surface area contributed by atoms with Gasteiger partial charge in [-0.15, -0.1) is 0 Å². The highest BCUT2D eigenvalue weighted by atomic mass is 79.9. The van der Waals surface area contributed by atoms with Crippen LogP contribution in [-0.4, -0.2) is 58.4 Å². The summed E-state index contributed by atoms with van der Waals surface area (Å²) >= 11 is 4.43. The van der Waals surface area contributed by atoms with Crippen molar-refractivity contribution in [2.24, 2.45) is 5.92 Å². The number of sulfonamides is 1. The summed E-state index contributed by atoms with van der Waals surface area (Å²) in [7, 11) is -3.62. The van der Waals surface area contributed by atoms with Gasteiger partial charge in [-0.1, -0.05) is 53.7 Å². The first-order chi connectivity index (χ1) is 14.5. The Morgan fingerprint density at radius 1 is 1.13 bits per heavy atom. The first kappa shape index (κ1) is 25.5. The number of aromatic nitrogens is 3. The largest absolute Gasteiger partial charge is 0.394 e. The summed E-state index contributed by atoms with van der Waals surface area (Å²) in [5, 5.41) is 12.3. The third-order valence-electron chi connectivity index (χ3n) is 3.98. The van der Waals surface area contributed by atoms with E-state index < -0.39 is 15.3 Å². The molecule has 0 radical (unpaired) electrons. The van der Waals surface area contributed by atoms with Gasteiger partial charge in [-0.25, -0.2) is 8.42 Å². The van der Waals surface area contributed by atoms with E-state index in [1.165, 1.54) is 0 Å². The number of thioether (sulfide) groups is 1. The number of anilines is 2. The van der Waals surface area contributed by atoms with E-state index in [-0.39, 0.29) is 35.5 Å². The maximum absolute atomic E-state index is 12.7. The standard InChI is InChI=1S/C19H26BrN5O4S2/c1-11(2)9-15(10-26)21-17-22-18(25-31(4,28)29)24-19(23-17)30-12(3)16(27)13-5-7-14(20)8-6-13/h5-8,11-12,15,26H,9-10H2,1-4H3,(H2,21,22,23,24,25)/t12?,15-/m1/s1. The molecule has 1 heterocycles. The number of carbonyl (C=O) groups excluding carboxylic acids is 1. The van der Waals surface area contributed by atoms with Gasteiger partial charge in [0.05, 0.1) is 24.2 Å². The Kier molecular flexibility index (Phi) is 9.22. The zero-order chi connectivity index (χ0) is 23.2. The molecule has 9 nitrogen and oxygen atoms in total. The van der Waals surface area contributed by atoms with E-state index >= 15 is 0 Å². The molecule has 31 heavy (non-hydrogen) atoms. The van der Waals surface area contributed by atoms with Gasteiger partial charge < -0.3 is 10.4 Å². The maximum atomic E-state index is 12.7. The number of ketones is 1. The number of nitrogens with one attached hydrogen (secondary N) is 2. The van der Waals surface area contributed by atoms with Crippen LogP contribution in [0.3, 0.4) is 0 Å². The van der Waals surface area contributed by atoms with Crippen LogP contribution in [0.2, 0.25) is 0 Å². The van der Waals surface area contributed by atoms with Crippen LogP contribution in [0.4, 0.5) is 11.9 Å². The number of rotatable bonds is 11.